The molecule has 19 heavy (non-hydrogen) atoms. The number of nitrogens with two attached hydrogens (primary N) is 1. The first kappa shape index (κ1) is 13.9. The molecule has 0 atom stereocenters. The number of hydrogen-bond donors (Lipinski definition) is 2. The molecule has 0 aliphatic rings. The van der Waals surface area contributed by atoms with Crippen molar-refractivity contribution in [1.29, 1.82) is 0 Å². The molecule has 2 aromatic rings. The molecule has 0 saturated carbocycles. The van der Waals surface area contributed by atoms with Gasteiger partial charge in [0, 0.05) is 40.7 Å². The van der Waals surface area contributed by atoms with Gasteiger partial charge in [0.25, 0.3) is 0 Å². The fourth-order valence-corrected chi connectivity index (χ4v) is 2.59. The van der Waals surface area contributed by atoms with Crippen molar-refractivity contribution in [1.82, 2.24) is 9.78 Å². The van der Waals surface area contributed by atoms with Crippen LogP contribution in [0.3, 0.4) is 0 Å². The number of nitrogens with zero attached hydrogens (tertiary/aromatic N) is 2. The molecule has 102 valence electrons. The van der Waals surface area contributed by atoms with Crippen molar-refractivity contribution in [2.24, 2.45) is 7.05 Å². The molecule has 0 fully saturated rings. The third kappa shape index (κ3) is 2.76. The topological polar surface area (TPSA) is 55.9 Å². The van der Waals surface area contributed by atoms with E-state index in [-0.39, 0.29) is 0 Å². The summed E-state index contributed by atoms with van der Waals surface area (Å²) in [5.74, 6) is 0. The van der Waals surface area contributed by atoms with E-state index in [1.807, 2.05) is 31.6 Å². The number of aromatic nitrogens is 2. The van der Waals surface area contributed by atoms with Crippen molar-refractivity contribution in [3.63, 3.8) is 0 Å². The second-order valence-corrected chi connectivity index (χ2v) is 5.67. The molecule has 0 amide bonds. The van der Waals surface area contributed by atoms with Gasteiger partial charge in [-0.25, -0.2) is 0 Å². The van der Waals surface area contributed by atoms with Gasteiger partial charge in [-0.05, 0) is 54.4 Å². The predicted molar refractivity (Wildman–Crippen MR) is 83.3 cm³/mol. The van der Waals surface area contributed by atoms with Gasteiger partial charge >= 0.3 is 0 Å². The maximum Gasteiger partial charge on any atom is 0.0646 e. The minimum Gasteiger partial charge on any atom is -0.398 e. The first-order valence-corrected chi connectivity index (χ1v) is 6.98. The number of nitrogens with one attached hydrogen (secondary N) is 1. The van der Waals surface area contributed by atoms with Crippen LogP contribution < -0.4 is 11.1 Å². The van der Waals surface area contributed by atoms with E-state index in [0.29, 0.717) is 0 Å². The van der Waals surface area contributed by atoms with Gasteiger partial charge in [0.1, 0.15) is 0 Å². The van der Waals surface area contributed by atoms with Crippen LogP contribution >= 0.6 is 15.9 Å². The number of rotatable bonds is 3. The van der Waals surface area contributed by atoms with Gasteiger partial charge < -0.3 is 11.1 Å². The molecular formula is C14H19BrN4. The molecule has 0 radical (unpaired) electrons. The Bertz CT molecular complexity index is 616. The monoisotopic (exact) mass is 322 g/mol. The van der Waals surface area contributed by atoms with E-state index in [0.717, 1.165) is 33.6 Å². The minimum atomic E-state index is 0.757. The van der Waals surface area contributed by atoms with Gasteiger partial charge in [-0.2, -0.15) is 5.10 Å². The summed E-state index contributed by atoms with van der Waals surface area (Å²) in [5.41, 5.74) is 12.3. The average molecular weight is 323 g/mol. The van der Waals surface area contributed by atoms with Crippen molar-refractivity contribution in [3.05, 3.63) is 39.1 Å². The van der Waals surface area contributed by atoms with Crippen LogP contribution in [0.5, 0.6) is 0 Å². The van der Waals surface area contributed by atoms with Crippen LogP contribution in [0.1, 0.15) is 22.5 Å². The minimum absolute atomic E-state index is 0.757. The molecule has 1 aromatic heterocycles. The lowest BCUT2D eigenvalue weighted by Crippen LogP contribution is -2.04. The highest BCUT2D eigenvalue weighted by molar-refractivity contribution is 9.10. The molecule has 3 N–H and O–H groups in total. The third-order valence-corrected chi connectivity index (χ3v) is 4.13. The van der Waals surface area contributed by atoms with Crippen LogP contribution in [0.15, 0.2) is 16.6 Å². The van der Waals surface area contributed by atoms with E-state index in [9.17, 15) is 0 Å². The van der Waals surface area contributed by atoms with Gasteiger partial charge in [-0.1, -0.05) is 0 Å². The standard InChI is InChI=1S/C14H19BrN4/c1-8-5-14(12(15)6-13(8)16)17-7-11-9(2)18-19(4)10(11)3/h5-6,17H,7,16H2,1-4H3. The van der Waals surface area contributed by atoms with Crippen LogP contribution in [0, 0.1) is 20.8 Å². The Balaban J connectivity index is 2.21. The van der Waals surface area contributed by atoms with Crippen molar-refractivity contribution < 1.29 is 0 Å². The number of aryl methyl sites for hydroxylation is 3. The van der Waals surface area contributed by atoms with E-state index >= 15 is 0 Å². The van der Waals surface area contributed by atoms with E-state index in [2.05, 4.69) is 39.3 Å². The van der Waals surface area contributed by atoms with E-state index in [1.54, 1.807) is 0 Å². The number of nitrogen functional groups attached to an aromatic ring is 1. The zero-order valence-electron chi connectivity index (χ0n) is 11.7. The normalized spacial score (nSPS) is 10.8. The zero-order chi connectivity index (χ0) is 14.2. The fourth-order valence-electron chi connectivity index (χ4n) is 2.09. The summed E-state index contributed by atoms with van der Waals surface area (Å²) in [4.78, 5) is 0. The summed E-state index contributed by atoms with van der Waals surface area (Å²) < 4.78 is 2.89. The highest BCUT2D eigenvalue weighted by Gasteiger charge is 2.10. The number of hydrogen-bond acceptors (Lipinski definition) is 3. The van der Waals surface area contributed by atoms with Crippen LogP contribution in [-0.2, 0) is 13.6 Å². The SMILES string of the molecule is Cc1cc(NCc2c(C)nn(C)c2C)c(Br)cc1N. The van der Waals surface area contributed by atoms with Crippen molar-refractivity contribution in [3.8, 4) is 0 Å². The third-order valence-electron chi connectivity index (χ3n) is 3.47. The maximum atomic E-state index is 5.88. The predicted octanol–water partition coefficient (Wildman–Crippen LogP) is 3.30. The Hall–Kier alpha value is -1.49. The van der Waals surface area contributed by atoms with Crippen LogP contribution in [-0.4, -0.2) is 9.78 Å². The van der Waals surface area contributed by atoms with Gasteiger partial charge in [0.15, 0.2) is 0 Å². The molecule has 0 bridgehead atoms. The lowest BCUT2D eigenvalue weighted by Gasteiger charge is -2.11. The summed E-state index contributed by atoms with van der Waals surface area (Å²) in [7, 11) is 1.97. The molecule has 0 aliphatic heterocycles. The van der Waals surface area contributed by atoms with Gasteiger partial charge in [-0.3, -0.25) is 4.68 Å². The smallest absolute Gasteiger partial charge is 0.0646 e. The Labute approximate surface area is 122 Å². The zero-order valence-corrected chi connectivity index (χ0v) is 13.3. The van der Waals surface area contributed by atoms with Gasteiger partial charge in [0.2, 0.25) is 0 Å². The molecule has 0 aliphatic carbocycles. The largest absolute Gasteiger partial charge is 0.398 e. The molecular weight excluding hydrogens is 304 g/mol. The highest BCUT2D eigenvalue weighted by Crippen LogP contribution is 2.28. The first-order valence-electron chi connectivity index (χ1n) is 6.18. The summed E-state index contributed by atoms with van der Waals surface area (Å²) >= 11 is 3.53. The Morgan fingerprint density at radius 3 is 2.58 bits per heavy atom. The van der Waals surface area contributed by atoms with Crippen molar-refractivity contribution in [2.45, 2.75) is 27.3 Å². The molecule has 0 spiro atoms. The second-order valence-electron chi connectivity index (χ2n) is 4.82. The van der Waals surface area contributed by atoms with E-state index in [1.165, 1.54) is 11.3 Å². The number of benzene rings is 1. The van der Waals surface area contributed by atoms with Crippen LogP contribution in [0.25, 0.3) is 0 Å². The van der Waals surface area contributed by atoms with Crippen molar-refractivity contribution >= 4 is 27.3 Å². The second kappa shape index (κ2) is 5.25. The van der Waals surface area contributed by atoms with E-state index < -0.39 is 0 Å². The molecule has 4 nitrogen and oxygen atoms in total. The number of anilines is 2. The van der Waals surface area contributed by atoms with Crippen LogP contribution in [0.4, 0.5) is 11.4 Å². The van der Waals surface area contributed by atoms with E-state index in [4.69, 9.17) is 5.73 Å². The summed E-state index contributed by atoms with van der Waals surface area (Å²) in [6, 6.07) is 3.99. The Morgan fingerprint density at radius 2 is 2.00 bits per heavy atom. The summed E-state index contributed by atoms with van der Waals surface area (Å²) in [6.45, 7) is 6.88. The molecule has 0 saturated heterocycles. The van der Waals surface area contributed by atoms with Gasteiger partial charge in [0.05, 0.1) is 5.69 Å². The highest BCUT2D eigenvalue weighted by atomic mass is 79.9. The van der Waals surface area contributed by atoms with Crippen LogP contribution in [0.2, 0.25) is 0 Å². The molecule has 5 heteroatoms. The molecule has 2 rings (SSSR count). The fraction of sp³-hybridized carbons (Fsp3) is 0.357. The van der Waals surface area contributed by atoms with Crippen molar-refractivity contribution in [2.75, 3.05) is 11.1 Å². The lowest BCUT2D eigenvalue weighted by molar-refractivity contribution is 0.730. The maximum absolute atomic E-state index is 5.88. The quantitative estimate of drug-likeness (QED) is 0.852. The van der Waals surface area contributed by atoms with Gasteiger partial charge in [-0.15, -0.1) is 0 Å². The average Bonchev–Trinajstić information content (AvgIpc) is 2.57. The summed E-state index contributed by atoms with van der Waals surface area (Å²) in [6.07, 6.45) is 0. The Morgan fingerprint density at radius 1 is 1.32 bits per heavy atom. The Kier molecular flexibility index (Phi) is 3.85. The molecule has 1 aromatic carbocycles. The molecule has 1 heterocycles. The lowest BCUT2D eigenvalue weighted by atomic mass is 10.1. The number of halogens is 1. The summed E-state index contributed by atoms with van der Waals surface area (Å²) in [5, 5.41) is 7.86. The molecule has 0 unspecified atom stereocenters. The first-order chi connectivity index (χ1) is 8.90.